The highest BCUT2D eigenvalue weighted by molar-refractivity contribution is 6.00. The summed E-state index contributed by atoms with van der Waals surface area (Å²) in [7, 11) is 0. The number of hydrogen-bond acceptors (Lipinski definition) is 4. The second-order valence-electron chi connectivity index (χ2n) is 7.07. The van der Waals surface area contributed by atoms with E-state index >= 15 is 0 Å². The second-order valence-corrected chi connectivity index (χ2v) is 7.07. The molecule has 0 aliphatic rings. The molecule has 4 heteroatoms. The van der Waals surface area contributed by atoms with Crippen LogP contribution in [-0.2, 0) is 19.1 Å². The third kappa shape index (κ3) is 9.42. The maximum atomic E-state index is 12.5. The van der Waals surface area contributed by atoms with Crippen LogP contribution in [0.15, 0.2) is 11.1 Å². The summed E-state index contributed by atoms with van der Waals surface area (Å²) in [5, 5.41) is 0. The van der Waals surface area contributed by atoms with Crippen LogP contribution in [0.2, 0.25) is 0 Å². The van der Waals surface area contributed by atoms with Crippen molar-refractivity contribution < 1.29 is 19.1 Å². The van der Waals surface area contributed by atoms with Crippen molar-refractivity contribution in [3.63, 3.8) is 0 Å². The average molecular weight is 326 g/mol. The predicted octanol–water partition coefficient (Wildman–Crippen LogP) is 4.82. The van der Waals surface area contributed by atoms with Gasteiger partial charge in [0.05, 0.1) is 13.2 Å². The number of rotatable bonds is 10. The van der Waals surface area contributed by atoms with E-state index in [1.165, 1.54) is 0 Å². The van der Waals surface area contributed by atoms with Gasteiger partial charge in [0.25, 0.3) is 0 Å². The summed E-state index contributed by atoms with van der Waals surface area (Å²) in [5.74, 6) is -0.741. The van der Waals surface area contributed by atoms with Gasteiger partial charge in [-0.25, -0.2) is 9.59 Å². The highest BCUT2D eigenvalue weighted by atomic mass is 16.5. The Hall–Kier alpha value is -1.32. The molecule has 0 saturated carbocycles. The van der Waals surface area contributed by atoms with Gasteiger partial charge in [0.1, 0.15) is 0 Å². The van der Waals surface area contributed by atoms with E-state index in [-0.39, 0.29) is 17.4 Å². The van der Waals surface area contributed by atoms with Crippen molar-refractivity contribution in [2.24, 2.45) is 5.41 Å². The normalized spacial score (nSPS) is 12.6. The minimum atomic E-state index is -0.374. The lowest BCUT2D eigenvalue weighted by atomic mass is 9.85. The van der Waals surface area contributed by atoms with E-state index in [4.69, 9.17) is 9.47 Å². The van der Waals surface area contributed by atoms with Gasteiger partial charge < -0.3 is 9.47 Å². The fraction of sp³-hybridized carbons (Fsp3) is 0.789. The van der Waals surface area contributed by atoms with Crippen molar-refractivity contribution in [3.05, 3.63) is 11.1 Å². The quantitative estimate of drug-likeness (QED) is 0.427. The number of carbonyl (C=O) groups is 2. The van der Waals surface area contributed by atoms with E-state index in [9.17, 15) is 9.59 Å². The number of carbonyl (C=O) groups excluding carboxylic acids is 2. The molecule has 0 aromatic carbocycles. The molecule has 0 fully saturated rings. The summed E-state index contributed by atoms with van der Waals surface area (Å²) in [4.78, 5) is 24.9. The van der Waals surface area contributed by atoms with Crippen LogP contribution in [0, 0.1) is 5.41 Å². The Balaban J connectivity index is 5.60. The molecular formula is C19H34O4. The smallest absolute Gasteiger partial charge is 0.334 e. The fourth-order valence-corrected chi connectivity index (χ4v) is 2.13. The first-order chi connectivity index (χ1) is 10.8. The first kappa shape index (κ1) is 21.7. The van der Waals surface area contributed by atoms with Crippen molar-refractivity contribution in [1.82, 2.24) is 0 Å². The van der Waals surface area contributed by atoms with Crippen LogP contribution in [0.5, 0.6) is 0 Å². The van der Waals surface area contributed by atoms with Gasteiger partial charge in [-0.05, 0) is 37.5 Å². The van der Waals surface area contributed by atoms with Gasteiger partial charge in [-0.15, -0.1) is 0 Å². The Kier molecular flexibility index (Phi) is 10.6. The van der Waals surface area contributed by atoms with Gasteiger partial charge in [0.15, 0.2) is 0 Å². The van der Waals surface area contributed by atoms with Crippen LogP contribution >= 0.6 is 0 Å². The molecule has 4 nitrogen and oxygen atoms in total. The molecule has 0 aromatic heterocycles. The summed E-state index contributed by atoms with van der Waals surface area (Å²) >= 11 is 0. The molecule has 0 aromatic rings. The highest BCUT2D eigenvalue weighted by Gasteiger charge is 2.27. The van der Waals surface area contributed by atoms with E-state index < -0.39 is 0 Å². The summed E-state index contributed by atoms with van der Waals surface area (Å²) in [6.07, 6.45) is 4.41. The van der Waals surface area contributed by atoms with Crippen LogP contribution < -0.4 is 0 Å². The molecule has 0 spiro atoms. The van der Waals surface area contributed by atoms with Crippen LogP contribution in [-0.4, -0.2) is 25.2 Å². The molecule has 0 atom stereocenters. The molecule has 0 unspecified atom stereocenters. The summed E-state index contributed by atoms with van der Waals surface area (Å²) in [6.45, 7) is 12.9. The average Bonchev–Trinajstić information content (AvgIpc) is 2.48. The molecule has 134 valence electrons. The minimum Gasteiger partial charge on any atom is -0.462 e. The molecular weight excluding hydrogens is 292 g/mol. The molecule has 0 N–H and O–H groups in total. The lowest BCUT2D eigenvalue weighted by Gasteiger charge is -2.22. The lowest BCUT2D eigenvalue weighted by molar-refractivity contribution is -0.142. The second kappa shape index (κ2) is 11.3. The summed E-state index contributed by atoms with van der Waals surface area (Å²) in [6, 6.07) is 0. The molecule has 0 amide bonds. The molecule has 0 heterocycles. The van der Waals surface area contributed by atoms with Gasteiger partial charge in [-0.1, -0.05) is 48.0 Å². The van der Waals surface area contributed by atoms with Crippen molar-refractivity contribution in [2.45, 2.75) is 80.1 Å². The van der Waals surface area contributed by atoms with Gasteiger partial charge in [-0.3, -0.25) is 0 Å². The van der Waals surface area contributed by atoms with E-state index in [0.717, 1.165) is 25.7 Å². The number of hydrogen-bond donors (Lipinski definition) is 0. The van der Waals surface area contributed by atoms with Crippen LogP contribution in [0.4, 0.5) is 0 Å². The van der Waals surface area contributed by atoms with Gasteiger partial charge in [0, 0.05) is 11.1 Å². The Labute approximate surface area is 141 Å². The van der Waals surface area contributed by atoms with Crippen molar-refractivity contribution >= 4 is 11.9 Å². The van der Waals surface area contributed by atoms with Crippen molar-refractivity contribution in [2.75, 3.05) is 13.2 Å². The third-order valence-electron chi connectivity index (χ3n) is 3.22. The standard InChI is InChI=1S/C19H34O4/c1-7-10-11-15(17(20)22-12-8-2)16(14-19(4,5)6)18(21)23-13-9-3/h7-14H2,1-6H3/b16-15-. The largest absolute Gasteiger partial charge is 0.462 e. The third-order valence-corrected chi connectivity index (χ3v) is 3.22. The van der Waals surface area contributed by atoms with E-state index in [2.05, 4.69) is 27.7 Å². The number of esters is 2. The van der Waals surface area contributed by atoms with Gasteiger partial charge in [0.2, 0.25) is 0 Å². The maximum Gasteiger partial charge on any atom is 0.334 e. The molecule has 0 saturated heterocycles. The zero-order valence-electron chi connectivity index (χ0n) is 15.8. The lowest BCUT2D eigenvalue weighted by Crippen LogP contribution is -2.21. The first-order valence-electron chi connectivity index (χ1n) is 8.83. The molecule has 0 aliphatic heterocycles. The predicted molar refractivity (Wildman–Crippen MR) is 93.1 cm³/mol. The maximum absolute atomic E-state index is 12.5. The van der Waals surface area contributed by atoms with E-state index in [1.807, 2.05) is 13.8 Å². The monoisotopic (exact) mass is 326 g/mol. The zero-order chi connectivity index (χ0) is 17.9. The van der Waals surface area contributed by atoms with Gasteiger partial charge in [-0.2, -0.15) is 0 Å². The summed E-state index contributed by atoms with van der Waals surface area (Å²) in [5.41, 5.74) is 0.875. The fourth-order valence-electron chi connectivity index (χ4n) is 2.13. The zero-order valence-corrected chi connectivity index (χ0v) is 15.8. The van der Waals surface area contributed by atoms with Gasteiger partial charge >= 0.3 is 11.9 Å². The van der Waals surface area contributed by atoms with Crippen LogP contribution in [0.3, 0.4) is 0 Å². The van der Waals surface area contributed by atoms with E-state index in [1.54, 1.807) is 0 Å². The van der Waals surface area contributed by atoms with Crippen molar-refractivity contribution in [3.8, 4) is 0 Å². The number of ether oxygens (including phenoxy) is 2. The topological polar surface area (TPSA) is 52.6 Å². The molecule has 0 aliphatic carbocycles. The molecule has 0 bridgehead atoms. The Bertz CT molecular complexity index is 402. The Morgan fingerprint density at radius 1 is 0.783 bits per heavy atom. The Morgan fingerprint density at radius 2 is 1.26 bits per heavy atom. The molecule has 0 radical (unpaired) electrons. The summed E-state index contributed by atoms with van der Waals surface area (Å²) < 4.78 is 10.6. The molecule has 0 rings (SSSR count). The van der Waals surface area contributed by atoms with Crippen LogP contribution in [0.1, 0.15) is 80.1 Å². The molecule has 23 heavy (non-hydrogen) atoms. The Morgan fingerprint density at radius 3 is 1.65 bits per heavy atom. The van der Waals surface area contributed by atoms with Crippen molar-refractivity contribution in [1.29, 1.82) is 0 Å². The minimum absolute atomic E-state index is 0.108. The first-order valence-corrected chi connectivity index (χ1v) is 8.83. The van der Waals surface area contributed by atoms with E-state index in [0.29, 0.717) is 37.2 Å². The SMILES string of the molecule is CCCC/C(C(=O)OCCC)=C(\CC(C)(C)C)C(=O)OCCC. The van der Waals surface area contributed by atoms with Crippen LogP contribution in [0.25, 0.3) is 0 Å². The number of unbranched alkanes of at least 4 members (excludes halogenated alkanes) is 1. The highest BCUT2D eigenvalue weighted by Crippen LogP contribution is 2.29.